The molecular weight excluding hydrogens is 459 g/mol. The fraction of sp³-hybridized carbons (Fsp3) is 0.240. The zero-order chi connectivity index (χ0) is 24.4. The van der Waals surface area contributed by atoms with Crippen LogP contribution < -0.4 is 14.8 Å². The van der Waals surface area contributed by atoms with Gasteiger partial charge >= 0.3 is 0 Å². The highest BCUT2D eigenvalue weighted by Gasteiger charge is 2.20. The molecule has 0 spiro atoms. The maximum atomic E-state index is 13.8. The van der Waals surface area contributed by atoms with Crippen molar-refractivity contribution in [3.63, 3.8) is 0 Å². The third-order valence-corrected chi connectivity index (χ3v) is 5.91. The molecule has 2 aromatic carbocycles. The number of nitrogens with zero attached hydrogens (tertiary/aromatic N) is 3. The van der Waals surface area contributed by atoms with Gasteiger partial charge in [-0.05, 0) is 62.2 Å². The molecule has 0 fully saturated rings. The topological polar surface area (TPSA) is 78.3 Å². The van der Waals surface area contributed by atoms with Crippen LogP contribution >= 0.6 is 11.6 Å². The first kappa shape index (κ1) is 23.5. The van der Waals surface area contributed by atoms with Gasteiger partial charge in [0.05, 0.1) is 30.6 Å². The summed E-state index contributed by atoms with van der Waals surface area (Å²) < 4.78 is 26.1. The number of anilines is 1. The van der Waals surface area contributed by atoms with Gasteiger partial charge in [0.2, 0.25) is 11.8 Å². The van der Waals surface area contributed by atoms with E-state index in [9.17, 15) is 9.18 Å². The van der Waals surface area contributed by atoms with E-state index in [1.54, 1.807) is 35.0 Å². The average molecular weight is 483 g/mol. The maximum Gasteiger partial charge on any atom is 0.224 e. The number of benzene rings is 2. The number of aryl methyl sites for hydroxylation is 2. The first-order chi connectivity index (χ1) is 16.3. The number of fused-ring (bicyclic) bond motifs is 1. The molecule has 0 bridgehead atoms. The van der Waals surface area contributed by atoms with E-state index in [0.717, 1.165) is 22.2 Å². The third kappa shape index (κ3) is 4.54. The number of rotatable bonds is 7. The Balaban J connectivity index is 1.61. The number of carbonyl (C=O) groups is 1. The first-order valence-corrected chi connectivity index (χ1v) is 11.0. The lowest BCUT2D eigenvalue weighted by molar-refractivity contribution is -0.116. The van der Waals surface area contributed by atoms with Crippen LogP contribution in [0.3, 0.4) is 0 Å². The number of aromatic nitrogens is 3. The van der Waals surface area contributed by atoms with Crippen LogP contribution in [0.4, 0.5) is 10.1 Å². The Labute approximate surface area is 201 Å². The molecule has 0 unspecified atom stereocenters. The molecular formula is C25H24ClFN4O3. The van der Waals surface area contributed by atoms with Crippen molar-refractivity contribution in [1.29, 1.82) is 0 Å². The molecule has 1 N–H and O–H groups in total. The number of halogens is 2. The van der Waals surface area contributed by atoms with Crippen molar-refractivity contribution < 1.29 is 18.7 Å². The van der Waals surface area contributed by atoms with Crippen molar-refractivity contribution in [3.8, 4) is 17.3 Å². The fourth-order valence-electron chi connectivity index (χ4n) is 3.99. The lowest BCUT2D eigenvalue weighted by atomic mass is 10.0. The largest absolute Gasteiger partial charge is 0.495 e. The predicted octanol–water partition coefficient (Wildman–Crippen LogP) is 5.42. The van der Waals surface area contributed by atoms with Gasteiger partial charge < -0.3 is 14.8 Å². The highest BCUT2D eigenvalue weighted by atomic mass is 35.5. The number of amides is 1. The van der Waals surface area contributed by atoms with Crippen molar-refractivity contribution in [2.75, 3.05) is 19.5 Å². The van der Waals surface area contributed by atoms with Crippen LogP contribution in [-0.2, 0) is 11.2 Å². The Morgan fingerprint density at radius 3 is 2.62 bits per heavy atom. The summed E-state index contributed by atoms with van der Waals surface area (Å²) >= 11 is 6.14. The highest BCUT2D eigenvalue weighted by Crippen LogP contribution is 2.32. The van der Waals surface area contributed by atoms with E-state index in [2.05, 4.69) is 15.4 Å². The van der Waals surface area contributed by atoms with Crippen LogP contribution in [0.2, 0.25) is 5.02 Å². The Kier molecular flexibility index (Phi) is 6.70. The molecule has 1 amide bonds. The van der Waals surface area contributed by atoms with Crippen molar-refractivity contribution in [1.82, 2.24) is 14.8 Å². The molecule has 7 nitrogen and oxygen atoms in total. The standard InChI is InChI=1S/C25H24ClFN4O3/c1-14-19(9-11-22(32)28-17-8-10-21(33-3)20(26)13-17)25(34-4)29-24-23(14)15(2)30-31(24)18-7-5-6-16(27)12-18/h5-8,10,12-13H,9,11H2,1-4H3,(H,28,32). The van der Waals surface area contributed by atoms with Crippen molar-refractivity contribution in [3.05, 3.63) is 70.1 Å². The van der Waals surface area contributed by atoms with Crippen LogP contribution in [0, 0.1) is 19.7 Å². The Morgan fingerprint density at radius 2 is 1.94 bits per heavy atom. The summed E-state index contributed by atoms with van der Waals surface area (Å²) in [7, 11) is 3.07. The number of hydrogen-bond donors (Lipinski definition) is 1. The van der Waals surface area contributed by atoms with E-state index < -0.39 is 0 Å². The Bertz CT molecular complexity index is 1390. The minimum atomic E-state index is -0.358. The van der Waals surface area contributed by atoms with Crippen LogP contribution in [-0.4, -0.2) is 34.9 Å². The van der Waals surface area contributed by atoms with E-state index in [1.807, 2.05) is 13.8 Å². The first-order valence-electron chi connectivity index (χ1n) is 10.6. The molecule has 0 radical (unpaired) electrons. The molecule has 176 valence electrons. The molecule has 9 heteroatoms. The van der Waals surface area contributed by atoms with Gasteiger partial charge in [0.1, 0.15) is 11.6 Å². The smallest absolute Gasteiger partial charge is 0.224 e. The summed E-state index contributed by atoms with van der Waals surface area (Å²) in [6.07, 6.45) is 0.628. The van der Waals surface area contributed by atoms with Gasteiger partial charge in [0.25, 0.3) is 0 Å². The molecule has 0 aliphatic carbocycles. The second-order valence-electron chi connectivity index (χ2n) is 7.80. The number of nitrogens with one attached hydrogen (secondary N) is 1. The number of methoxy groups -OCH3 is 2. The lowest BCUT2D eigenvalue weighted by Crippen LogP contribution is -2.13. The van der Waals surface area contributed by atoms with Gasteiger partial charge in [-0.1, -0.05) is 17.7 Å². The predicted molar refractivity (Wildman–Crippen MR) is 130 cm³/mol. The van der Waals surface area contributed by atoms with Gasteiger partial charge in [-0.25, -0.2) is 9.07 Å². The molecule has 0 atom stereocenters. The van der Waals surface area contributed by atoms with E-state index in [1.165, 1.54) is 26.4 Å². The quantitative estimate of drug-likeness (QED) is 0.380. The van der Waals surface area contributed by atoms with Gasteiger partial charge in [-0.2, -0.15) is 10.1 Å². The molecule has 0 aliphatic heterocycles. The van der Waals surface area contributed by atoms with Crippen LogP contribution in [0.1, 0.15) is 23.2 Å². The molecule has 0 saturated carbocycles. The molecule has 0 saturated heterocycles. The fourth-order valence-corrected chi connectivity index (χ4v) is 4.25. The number of carbonyl (C=O) groups excluding carboxylic acids is 1. The van der Waals surface area contributed by atoms with E-state index in [4.69, 9.17) is 21.1 Å². The lowest BCUT2D eigenvalue weighted by Gasteiger charge is -2.13. The molecule has 0 aliphatic rings. The maximum absolute atomic E-state index is 13.8. The summed E-state index contributed by atoms with van der Waals surface area (Å²) in [6.45, 7) is 3.83. The van der Waals surface area contributed by atoms with Gasteiger partial charge in [-0.15, -0.1) is 0 Å². The van der Waals surface area contributed by atoms with E-state index >= 15 is 0 Å². The second kappa shape index (κ2) is 9.69. The molecule has 2 heterocycles. The summed E-state index contributed by atoms with van der Waals surface area (Å²) in [4.78, 5) is 17.3. The minimum absolute atomic E-state index is 0.171. The highest BCUT2D eigenvalue weighted by molar-refractivity contribution is 6.32. The summed E-state index contributed by atoms with van der Waals surface area (Å²) in [5.74, 6) is 0.412. The van der Waals surface area contributed by atoms with Gasteiger partial charge in [-0.3, -0.25) is 4.79 Å². The summed E-state index contributed by atoms with van der Waals surface area (Å²) in [6, 6.07) is 11.2. The van der Waals surface area contributed by atoms with Crippen molar-refractivity contribution in [2.45, 2.75) is 26.7 Å². The zero-order valence-electron chi connectivity index (χ0n) is 19.3. The van der Waals surface area contributed by atoms with Crippen LogP contribution in [0.15, 0.2) is 42.5 Å². The molecule has 34 heavy (non-hydrogen) atoms. The van der Waals surface area contributed by atoms with Crippen molar-refractivity contribution in [2.24, 2.45) is 0 Å². The Hall–Kier alpha value is -3.65. The van der Waals surface area contributed by atoms with Crippen LogP contribution in [0.5, 0.6) is 11.6 Å². The van der Waals surface area contributed by atoms with E-state index in [-0.39, 0.29) is 18.1 Å². The van der Waals surface area contributed by atoms with Gasteiger partial charge in [0, 0.05) is 23.1 Å². The number of hydrogen-bond acceptors (Lipinski definition) is 5. The minimum Gasteiger partial charge on any atom is -0.495 e. The van der Waals surface area contributed by atoms with E-state index in [0.29, 0.717) is 40.1 Å². The molecule has 4 rings (SSSR count). The average Bonchev–Trinajstić information content (AvgIpc) is 3.14. The molecule has 2 aromatic heterocycles. The Morgan fingerprint density at radius 1 is 1.15 bits per heavy atom. The van der Waals surface area contributed by atoms with Crippen molar-refractivity contribution >= 4 is 34.2 Å². The summed E-state index contributed by atoms with van der Waals surface area (Å²) in [5, 5.41) is 8.69. The zero-order valence-corrected chi connectivity index (χ0v) is 20.0. The number of ether oxygens (including phenoxy) is 2. The number of pyridine rings is 1. The second-order valence-corrected chi connectivity index (χ2v) is 8.21. The van der Waals surface area contributed by atoms with Gasteiger partial charge in [0.15, 0.2) is 5.65 Å². The molecule has 4 aromatic rings. The summed E-state index contributed by atoms with van der Waals surface area (Å²) in [5.41, 5.74) is 4.21. The monoisotopic (exact) mass is 482 g/mol. The third-order valence-electron chi connectivity index (χ3n) is 5.61. The SMILES string of the molecule is COc1ccc(NC(=O)CCc2c(OC)nc3c(c(C)nn3-c3cccc(F)c3)c2C)cc1Cl. The van der Waals surface area contributed by atoms with Crippen LogP contribution in [0.25, 0.3) is 16.7 Å². The normalized spacial score (nSPS) is 11.0.